The minimum absolute atomic E-state index is 0.485. The number of anilines is 1. The van der Waals surface area contributed by atoms with E-state index in [0.717, 1.165) is 11.3 Å². The predicted molar refractivity (Wildman–Crippen MR) is 80.3 cm³/mol. The molecule has 0 aromatic heterocycles. The van der Waals surface area contributed by atoms with Crippen LogP contribution < -0.4 is 5.32 Å². The lowest BCUT2D eigenvalue weighted by molar-refractivity contribution is 1.15. The van der Waals surface area contributed by atoms with Crippen molar-refractivity contribution >= 4 is 52.1 Å². The first kappa shape index (κ1) is 13.8. The van der Waals surface area contributed by atoms with Crippen molar-refractivity contribution in [1.82, 2.24) is 0 Å². The minimum Gasteiger partial charge on any atom is -0.380 e. The second-order valence-corrected chi connectivity index (χ2v) is 5.34. The SMILES string of the molecule is Clc1ccc(Cl)c(NCc2c(Cl)cccc2Cl)c1. The third-order valence-electron chi connectivity index (χ3n) is 2.45. The van der Waals surface area contributed by atoms with E-state index >= 15 is 0 Å². The lowest BCUT2D eigenvalue weighted by Crippen LogP contribution is -2.01. The van der Waals surface area contributed by atoms with Crippen LogP contribution in [0.3, 0.4) is 0 Å². The van der Waals surface area contributed by atoms with Crippen LogP contribution in [0, 0.1) is 0 Å². The number of rotatable bonds is 3. The van der Waals surface area contributed by atoms with Crippen molar-refractivity contribution in [2.24, 2.45) is 0 Å². The smallest absolute Gasteiger partial charge is 0.0638 e. The zero-order valence-corrected chi connectivity index (χ0v) is 12.2. The summed E-state index contributed by atoms with van der Waals surface area (Å²) in [7, 11) is 0. The maximum atomic E-state index is 6.08. The first-order valence-electron chi connectivity index (χ1n) is 5.20. The van der Waals surface area contributed by atoms with Crippen molar-refractivity contribution in [3.05, 3.63) is 62.1 Å². The van der Waals surface area contributed by atoms with Gasteiger partial charge in [-0.2, -0.15) is 0 Å². The van der Waals surface area contributed by atoms with Crippen LogP contribution in [0.15, 0.2) is 36.4 Å². The Balaban J connectivity index is 2.19. The molecule has 2 rings (SSSR count). The first-order valence-corrected chi connectivity index (χ1v) is 6.71. The molecule has 18 heavy (non-hydrogen) atoms. The Labute approximate surface area is 126 Å². The number of halogens is 4. The molecule has 0 saturated carbocycles. The maximum absolute atomic E-state index is 6.08. The summed E-state index contributed by atoms with van der Waals surface area (Å²) in [4.78, 5) is 0. The van der Waals surface area contributed by atoms with Gasteiger partial charge in [-0.05, 0) is 30.3 Å². The van der Waals surface area contributed by atoms with Gasteiger partial charge >= 0.3 is 0 Å². The fourth-order valence-corrected chi connectivity index (χ4v) is 2.41. The van der Waals surface area contributed by atoms with Crippen molar-refractivity contribution in [2.45, 2.75) is 6.54 Å². The van der Waals surface area contributed by atoms with Gasteiger partial charge < -0.3 is 5.32 Å². The summed E-state index contributed by atoms with van der Waals surface area (Å²) in [5.74, 6) is 0. The van der Waals surface area contributed by atoms with Crippen LogP contribution in [-0.2, 0) is 6.54 Å². The molecule has 0 saturated heterocycles. The summed E-state index contributed by atoms with van der Waals surface area (Å²) in [6.45, 7) is 0.485. The lowest BCUT2D eigenvalue weighted by atomic mass is 10.2. The summed E-state index contributed by atoms with van der Waals surface area (Å²) >= 11 is 24.1. The predicted octanol–water partition coefficient (Wildman–Crippen LogP) is 5.91. The fourth-order valence-electron chi connectivity index (χ4n) is 1.52. The summed E-state index contributed by atoms with van der Waals surface area (Å²) in [5.41, 5.74) is 1.58. The molecule has 0 fully saturated rings. The highest BCUT2D eigenvalue weighted by Gasteiger charge is 2.06. The maximum Gasteiger partial charge on any atom is 0.0638 e. The van der Waals surface area contributed by atoms with Gasteiger partial charge in [-0.3, -0.25) is 0 Å². The van der Waals surface area contributed by atoms with E-state index in [4.69, 9.17) is 46.4 Å². The fraction of sp³-hybridized carbons (Fsp3) is 0.0769. The first-order chi connectivity index (χ1) is 8.58. The average molecular weight is 321 g/mol. The lowest BCUT2D eigenvalue weighted by Gasteiger charge is -2.11. The Morgan fingerprint density at radius 2 is 1.50 bits per heavy atom. The molecule has 0 bridgehead atoms. The van der Waals surface area contributed by atoms with Gasteiger partial charge in [0.25, 0.3) is 0 Å². The van der Waals surface area contributed by atoms with Crippen LogP contribution >= 0.6 is 46.4 Å². The Kier molecular flexibility index (Phi) is 4.63. The topological polar surface area (TPSA) is 12.0 Å². The highest BCUT2D eigenvalue weighted by molar-refractivity contribution is 6.36. The van der Waals surface area contributed by atoms with Crippen LogP contribution in [0.2, 0.25) is 20.1 Å². The zero-order chi connectivity index (χ0) is 13.1. The van der Waals surface area contributed by atoms with E-state index in [9.17, 15) is 0 Å². The number of benzene rings is 2. The van der Waals surface area contributed by atoms with Crippen molar-refractivity contribution in [1.29, 1.82) is 0 Å². The highest BCUT2D eigenvalue weighted by Crippen LogP contribution is 2.29. The van der Waals surface area contributed by atoms with Crippen molar-refractivity contribution in [3.8, 4) is 0 Å². The molecule has 0 aliphatic carbocycles. The normalized spacial score (nSPS) is 10.4. The Hall–Kier alpha value is -0.600. The Morgan fingerprint density at radius 3 is 2.17 bits per heavy atom. The van der Waals surface area contributed by atoms with Crippen molar-refractivity contribution < 1.29 is 0 Å². The van der Waals surface area contributed by atoms with Gasteiger partial charge in [0.2, 0.25) is 0 Å². The molecule has 0 spiro atoms. The van der Waals surface area contributed by atoms with Gasteiger partial charge in [-0.15, -0.1) is 0 Å². The van der Waals surface area contributed by atoms with Crippen LogP contribution in [0.1, 0.15) is 5.56 Å². The summed E-state index contributed by atoms with van der Waals surface area (Å²) in [6, 6.07) is 10.6. The largest absolute Gasteiger partial charge is 0.380 e. The molecule has 1 N–H and O–H groups in total. The molecule has 2 aromatic rings. The number of hydrogen-bond donors (Lipinski definition) is 1. The molecular formula is C13H9Cl4N. The molecule has 0 aliphatic heterocycles. The van der Waals surface area contributed by atoms with Gasteiger partial charge in [-0.25, -0.2) is 0 Å². The van der Waals surface area contributed by atoms with E-state index in [1.54, 1.807) is 36.4 Å². The molecule has 2 aromatic carbocycles. The molecule has 0 unspecified atom stereocenters. The molecule has 0 radical (unpaired) electrons. The van der Waals surface area contributed by atoms with Crippen LogP contribution in [0.5, 0.6) is 0 Å². The second kappa shape index (κ2) is 6.03. The van der Waals surface area contributed by atoms with E-state index in [1.807, 2.05) is 0 Å². The second-order valence-electron chi connectivity index (χ2n) is 3.68. The summed E-state index contributed by atoms with van der Waals surface area (Å²) < 4.78 is 0. The van der Waals surface area contributed by atoms with E-state index in [-0.39, 0.29) is 0 Å². The standard InChI is InChI=1S/C13H9Cl4N/c14-8-4-5-12(17)13(6-8)18-7-9-10(15)2-1-3-11(9)16/h1-6,18H,7H2. The molecule has 5 heteroatoms. The van der Waals surface area contributed by atoms with Crippen LogP contribution in [-0.4, -0.2) is 0 Å². The highest BCUT2D eigenvalue weighted by atomic mass is 35.5. The third kappa shape index (κ3) is 3.24. The molecule has 94 valence electrons. The number of hydrogen-bond acceptors (Lipinski definition) is 1. The zero-order valence-electron chi connectivity index (χ0n) is 9.18. The third-order valence-corrected chi connectivity index (χ3v) is 3.72. The van der Waals surface area contributed by atoms with Crippen LogP contribution in [0.4, 0.5) is 5.69 Å². The molecule has 0 aliphatic rings. The molecular weight excluding hydrogens is 312 g/mol. The van der Waals surface area contributed by atoms with Crippen molar-refractivity contribution in [2.75, 3.05) is 5.32 Å². The van der Waals surface area contributed by atoms with E-state index in [0.29, 0.717) is 26.6 Å². The summed E-state index contributed by atoms with van der Waals surface area (Å²) in [5, 5.41) is 5.62. The number of nitrogens with one attached hydrogen (secondary N) is 1. The minimum atomic E-state index is 0.485. The molecule has 0 heterocycles. The van der Waals surface area contributed by atoms with Gasteiger partial charge in [0, 0.05) is 27.2 Å². The van der Waals surface area contributed by atoms with E-state index in [1.165, 1.54) is 0 Å². The molecule has 0 atom stereocenters. The Bertz CT molecular complexity index is 549. The van der Waals surface area contributed by atoms with Gasteiger partial charge in [0.05, 0.1) is 10.7 Å². The summed E-state index contributed by atoms with van der Waals surface area (Å²) in [6.07, 6.45) is 0. The Morgan fingerprint density at radius 1 is 0.833 bits per heavy atom. The van der Waals surface area contributed by atoms with Crippen LogP contribution in [0.25, 0.3) is 0 Å². The van der Waals surface area contributed by atoms with E-state index < -0.39 is 0 Å². The monoisotopic (exact) mass is 319 g/mol. The van der Waals surface area contributed by atoms with Gasteiger partial charge in [-0.1, -0.05) is 52.5 Å². The quantitative estimate of drug-likeness (QED) is 0.741. The average Bonchev–Trinajstić information content (AvgIpc) is 2.33. The molecule has 0 amide bonds. The van der Waals surface area contributed by atoms with E-state index in [2.05, 4.69) is 5.32 Å². The van der Waals surface area contributed by atoms with Crippen molar-refractivity contribution in [3.63, 3.8) is 0 Å². The molecule has 1 nitrogen and oxygen atoms in total. The van der Waals surface area contributed by atoms with Gasteiger partial charge in [0.1, 0.15) is 0 Å². The van der Waals surface area contributed by atoms with Gasteiger partial charge in [0.15, 0.2) is 0 Å².